The van der Waals surface area contributed by atoms with Gasteiger partial charge in [0.2, 0.25) is 5.91 Å². The van der Waals surface area contributed by atoms with Gasteiger partial charge in [-0.15, -0.1) is 0 Å². The molecular weight excluding hydrogens is 328 g/mol. The van der Waals surface area contributed by atoms with E-state index in [9.17, 15) is 4.79 Å². The molecule has 26 heavy (non-hydrogen) atoms. The molecule has 0 atom stereocenters. The largest absolute Gasteiger partial charge is 0.383 e. The van der Waals surface area contributed by atoms with E-state index in [0.717, 1.165) is 30.4 Å². The second-order valence-corrected chi connectivity index (χ2v) is 6.76. The number of amides is 1. The number of methoxy groups -OCH3 is 1. The van der Waals surface area contributed by atoms with Gasteiger partial charge >= 0.3 is 0 Å². The predicted molar refractivity (Wildman–Crippen MR) is 101 cm³/mol. The molecule has 1 saturated heterocycles. The number of carbonyl (C=O) groups is 1. The third-order valence-corrected chi connectivity index (χ3v) is 5.01. The standard InChI is InChI=1S/C21H26N2O3/c1-25-14-11-23-20(24)21(8-12-26-13-9-21)15-17-4-6-18(7-5-17)19-3-2-10-22-16-19/h2-7,10,16H,8-9,11-15H2,1H3,(H,23,24). The summed E-state index contributed by atoms with van der Waals surface area (Å²) in [5.41, 5.74) is 2.99. The molecule has 1 aliphatic heterocycles. The van der Waals surface area contributed by atoms with Gasteiger partial charge in [-0.3, -0.25) is 9.78 Å². The van der Waals surface area contributed by atoms with E-state index in [-0.39, 0.29) is 5.91 Å². The molecule has 0 unspecified atom stereocenters. The van der Waals surface area contributed by atoms with Crippen LogP contribution in [0.2, 0.25) is 0 Å². The zero-order valence-electron chi connectivity index (χ0n) is 15.2. The fourth-order valence-corrected chi connectivity index (χ4v) is 3.44. The Morgan fingerprint density at radius 2 is 1.96 bits per heavy atom. The number of hydrogen-bond donors (Lipinski definition) is 1. The number of carbonyl (C=O) groups excluding carboxylic acids is 1. The molecule has 1 amide bonds. The summed E-state index contributed by atoms with van der Waals surface area (Å²) in [5.74, 6) is 0.106. The van der Waals surface area contributed by atoms with Crippen LogP contribution in [0.25, 0.3) is 11.1 Å². The number of rotatable bonds is 7. The molecule has 5 heteroatoms. The third-order valence-electron chi connectivity index (χ3n) is 5.01. The van der Waals surface area contributed by atoms with E-state index in [1.54, 1.807) is 13.3 Å². The smallest absolute Gasteiger partial charge is 0.226 e. The molecule has 1 fully saturated rings. The average molecular weight is 354 g/mol. The topological polar surface area (TPSA) is 60.5 Å². The zero-order chi connectivity index (χ0) is 18.2. The fraction of sp³-hybridized carbons (Fsp3) is 0.429. The summed E-state index contributed by atoms with van der Waals surface area (Å²) in [7, 11) is 1.64. The first-order valence-corrected chi connectivity index (χ1v) is 9.08. The number of hydrogen-bond acceptors (Lipinski definition) is 4. The molecule has 0 aliphatic carbocycles. The van der Waals surface area contributed by atoms with Crippen molar-refractivity contribution < 1.29 is 14.3 Å². The molecule has 1 aromatic carbocycles. The minimum atomic E-state index is -0.401. The fourth-order valence-electron chi connectivity index (χ4n) is 3.44. The van der Waals surface area contributed by atoms with Crippen molar-refractivity contribution in [3.05, 3.63) is 54.4 Å². The monoisotopic (exact) mass is 354 g/mol. The molecule has 1 N–H and O–H groups in total. The van der Waals surface area contributed by atoms with Gasteiger partial charge in [0, 0.05) is 39.3 Å². The highest BCUT2D eigenvalue weighted by Gasteiger charge is 2.39. The minimum absolute atomic E-state index is 0.106. The summed E-state index contributed by atoms with van der Waals surface area (Å²) < 4.78 is 10.5. The summed E-state index contributed by atoms with van der Waals surface area (Å²) in [5, 5.41) is 3.02. The molecule has 0 spiro atoms. The molecule has 1 aliphatic rings. The van der Waals surface area contributed by atoms with E-state index in [0.29, 0.717) is 26.4 Å². The average Bonchev–Trinajstić information content (AvgIpc) is 2.70. The molecule has 0 saturated carbocycles. The highest BCUT2D eigenvalue weighted by atomic mass is 16.5. The second-order valence-electron chi connectivity index (χ2n) is 6.76. The first-order valence-electron chi connectivity index (χ1n) is 9.08. The molecule has 3 rings (SSSR count). The third kappa shape index (κ3) is 4.48. The van der Waals surface area contributed by atoms with Gasteiger partial charge in [0.15, 0.2) is 0 Å². The van der Waals surface area contributed by atoms with Gasteiger partial charge in [-0.25, -0.2) is 0 Å². The van der Waals surface area contributed by atoms with Gasteiger partial charge < -0.3 is 14.8 Å². The Balaban J connectivity index is 1.73. The normalized spacial score (nSPS) is 16.2. The van der Waals surface area contributed by atoms with Crippen molar-refractivity contribution in [1.82, 2.24) is 10.3 Å². The second kappa shape index (κ2) is 8.92. The molecule has 138 valence electrons. The molecule has 5 nitrogen and oxygen atoms in total. The zero-order valence-corrected chi connectivity index (χ0v) is 15.2. The van der Waals surface area contributed by atoms with Crippen molar-refractivity contribution in [2.45, 2.75) is 19.3 Å². The van der Waals surface area contributed by atoms with Crippen molar-refractivity contribution in [3.63, 3.8) is 0 Å². The maximum Gasteiger partial charge on any atom is 0.226 e. The highest BCUT2D eigenvalue weighted by molar-refractivity contribution is 5.83. The summed E-state index contributed by atoms with van der Waals surface area (Å²) >= 11 is 0. The number of benzene rings is 1. The van der Waals surface area contributed by atoms with E-state index in [1.807, 2.05) is 18.3 Å². The minimum Gasteiger partial charge on any atom is -0.383 e. The molecular formula is C21H26N2O3. The van der Waals surface area contributed by atoms with Crippen molar-refractivity contribution in [2.75, 3.05) is 33.5 Å². The molecule has 1 aromatic heterocycles. The van der Waals surface area contributed by atoms with Crippen LogP contribution in [0.5, 0.6) is 0 Å². The van der Waals surface area contributed by atoms with Crippen LogP contribution in [0.1, 0.15) is 18.4 Å². The van der Waals surface area contributed by atoms with Crippen LogP contribution in [-0.2, 0) is 20.7 Å². The SMILES string of the molecule is COCCNC(=O)C1(Cc2ccc(-c3cccnc3)cc2)CCOCC1. The van der Waals surface area contributed by atoms with Crippen LogP contribution in [0.15, 0.2) is 48.8 Å². The van der Waals surface area contributed by atoms with Crippen LogP contribution in [-0.4, -0.2) is 44.4 Å². The summed E-state index contributed by atoms with van der Waals surface area (Å²) in [6.07, 6.45) is 5.85. The number of ether oxygens (including phenoxy) is 2. The molecule has 0 radical (unpaired) electrons. The van der Waals surface area contributed by atoms with Crippen molar-refractivity contribution >= 4 is 5.91 Å². The Bertz CT molecular complexity index is 695. The van der Waals surface area contributed by atoms with Gasteiger partial charge in [-0.2, -0.15) is 0 Å². The van der Waals surface area contributed by atoms with Crippen LogP contribution in [0.4, 0.5) is 0 Å². The Hall–Kier alpha value is -2.24. The van der Waals surface area contributed by atoms with E-state index in [2.05, 4.69) is 34.6 Å². The quantitative estimate of drug-likeness (QED) is 0.777. The van der Waals surface area contributed by atoms with Gasteiger partial charge in [0.05, 0.1) is 12.0 Å². The van der Waals surface area contributed by atoms with Gasteiger partial charge in [0.25, 0.3) is 0 Å². The van der Waals surface area contributed by atoms with Gasteiger partial charge in [0.1, 0.15) is 0 Å². The van der Waals surface area contributed by atoms with Crippen molar-refractivity contribution in [2.24, 2.45) is 5.41 Å². The Labute approximate surface area is 154 Å². The van der Waals surface area contributed by atoms with Crippen LogP contribution < -0.4 is 5.32 Å². The van der Waals surface area contributed by atoms with Gasteiger partial charge in [-0.1, -0.05) is 30.3 Å². The van der Waals surface area contributed by atoms with Crippen molar-refractivity contribution in [1.29, 1.82) is 0 Å². The number of nitrogens with one attached hydrogen (secondary N) is 1. The highest BCUT2D eigenvalue weighted by Crippen LogP contribution is 2.35. The summed E-state index contributed by atoms with van der Waals surface area (Å²) in [6, 6.07) is 12.4. The molecule has 0 bridgehead atoms. The lowest BCUT2D eigenvalue weighted by Crippen LogP contribution is -2.46. The maximum atomic E-state index is 12.9. The first kappa shape index (κ1) is 18.5. The van der Waals surface area contributed by atoms with Crippen LogP contribution in [0.3, 0.4) is 0 Å². The number of nitrogens with zero attached hydrogens (tertiary/aromatic N) is 1. The Morgan fingerprint density at radius 1 is 1.19 bits per heavy atom. The Kier molecular flexibility index (Phi) is 6.36. The first-order chi connectivity index (χ1) is 12.7. The predicted octanol–water partition coefficient (Wildman–Crippen LogP) is 2.85. The number of aromatic nitrogens is 1. The van der Waals surface area contributed by atoms with Crippen LogP contribution >= 0.6 is 0 Å². The molecule has 2 aromatic rings. The van der Waals surface area contributed by atoms with E-state index in [4.69, 9.17) is 9.47 Å². The van der Waals surface area contributed by atoms with Crippen LogP contribution in [0, 0.1) is 5.41 Å². The Morgan fingerprint density at radius 3 is 2.62 bits per heavy atom. The van der Waals surface area contributed by atoms with Gasteiger partial charge in [-0.05, 0) is 42.0 Å². The number of pyridine rings is 1. The summed E-state index contributed by atoms with van der Waals surface area (Å²) in [6.45, 7) is 2.33. The van der Waals surface area contributed by atoms with E-state index < -0.39 is 5.41 Å². The lowest BCUT2D eigenvalue weighted by atomic mass is 9.74. The summed E-state index contributed by atoms with van der Waals surface area (Å²) in [4.78, 5) is 17.0. The van der Waals surface area contributed by atoms with E-state index >= 15 is 0 Å². The van der Waals surface area contributed by atoms with E-state index in [1.165, 1.54) is 5.56 Å². The molecule has 2 heterocycles. The maximum absolute atomic E-state index is 12.9. The van der Waals surface area contributed by atoms with Crippen molar-refractivity contribution in [3.8, 4) is 11.1 Å². The lowest BCUT2D eigenvalue weighted by molar-refractivity contribution is -0.136. The lowest BCUT2D eigenvalue weighted by Gasteiger charge is -2.36.